The summed E-state index contributed by atoms with van der Waals surface area (Å²) in [6.07, 6.45) is 3.31. The van der Waals surface area contributed by atoms with E-state index in [0.717, 1.165) is 12.0 Å². The molecule has 0 bridgehead atoms. The normalized spacial score (nSPS) is 17.3. The predicted molar refractivity (Wildman–Crippen MR) is 38.5 cm³/mol. The first-order valence-corrected chi connectivity index (χ1v) is 3.39. The number of aliphatic hydroxyl groups is 1. The van der Waals surface area contributed by atoms with Gasteiger partial charge in [-0.3, -0.25) is 0 Å². The molecule has 0 fully saturated rings. The molecule has 1 nitrogen and oxygen atoms in total. The van der Waals surface area contributed by atoms with E-state index in [2.05, 4.69) is 6.42 Å². The molecular weight excluding hydrogens is 124 g/mol. The highest BCUT2D eigenvalue weighted by Crippen LogP contribution is 2.22. The number of hydrogen-bond acceptors (Lipinski definition) is 1. The Labute approximate surface area is 60.3 Å². The maximum absolute atomic E-state index is 9.14. The Hall–Kier alpha value is -0.820. The van der Waals surface area contributed by atoms with E-state index in [-0.39, 0.29) is 6.10 Å². The summed E-state index contributed by atoms with van der Waals surface area (Å²) in [5.74, 6) is 0. The summed E-state index contributed by atoms with van der Waals surface area (Å²) in [5, 5.41) is 9.14. The van der Waals surface area contributed by atoms with Crippen LogP contribution in [-0.4, -0.2) is 11.2 Å². The first-order chi connectivity index (χ1) is 4.86. The molecule has 0 heterocycles. The molecule has 0 aromatic heterocycles. The Kier molecular flexibility index (Phi) is 1.24. The maximum atomic E-state index is 9.14. The Bertz CT molecular complexity index is 217. The molecule has 1 aromatic carbocycles. The van der Waals surface area contributed by atoms with Gasteiger partial charge in [0.25, 0.3) is 0 Å². The third-order valence-corrected chi connectivity index (χ3v) is 1.75. The van der Waals surface area contributed by atoms with Crippen molar-refractivity contribution in [3.8, 4) is 0 Å². The molecule has 0 spiro atoms. The van der Waals surface area contributed by atoms with Crippen LogP contribution in [0, 0.1) is 6.42 Å². The molecular formula is C9H8O. The van der Waals surface area contributed by atoms with E-state index in [1.807, 2.05) is 24.3 Å². The fourth-order valence-electron chi connectivity index (χ4n) is 1.28. The van der Waals surface area contributed by atoms with Crippen LogP contribution in [0.3, 0.4) is 0 Å². The number of hydrogen-bond donors (Lipinski definition) is 1. The second kappa shape index (κ2) is 2.10. The summed E-state index contributed by atoms with van der Waals surface area (Å²) in [6, 6.07) is 7.95. The second-order valence-electron chi connectivity index (χ2n) is 2.52. The van der Waals surface area contributed by atoms with Gasteiger partial charge < -0.3 is 5.11 Å². The molecule has 0 saturated carbocycles. The van der Waals surface area contributed by atoms with E-state index in [4.69, 9.17) is 5.11 Å². The highest BCUT2D eigenvalue weighted by Gasteiger charge is 2.18. The standard InChI is InChI=1S/C9H8O/c10-9-5-7-3-1-2-4-8(7)6-9/h1-4,9-10H,5H2. The van der Waals surface area contributed by atoms with Gasteiger partial charge in [-0.2, -0.15) is 0 Å². The van der Waals surface area contributed by atoms with Crippen molar-refractivity contribution in [1.82, 2.24) is 0 Å². The summed E-state index contributed by atoms with van der Waals surface area (Å²) in [4.78, 5) is 0. The van der Waals surface area contributed by atoms with E-state index < -0.39 is 0 Å². The fraction of sp³-hybridized carbons (Fsp3) is 0.222. The van der Waals surface area contributed by atoms with Crippen molar-refractivity contribution < 1.29 is 5.11 Å². The molecule has 1 aliphatic rings. The number of aliphatic hydroxyl groups excluding tert-OH is 1. The van der Waals surface area contributed by atoms with Crippen LogP contribution >= 0.6 is 0 Å². The molecule has 50 valence electrons. The summed E-state index contributed by atoms with van der Waals surface area (Å²) in [5.41, 5.74) is 2.27. The SMILES string of the molecule is OC1[C]c2ccccc2C1. The van der Waals surface area contributed by atoms with Gasteiger partial charge in [0, 0.05) is 6.42 Å². The molecule has 1 unspecified atom stereocenters. The van der Waals surface area contributed by atoms with Crippen LogP contribution in [0.1, 0.15) is 11.1 Å². The number of benzene rings is 1. The molecule has 2 rings (SSSR count). The first-order valence-electron chi connectivity index (χ1n) is 3.39. The zero-order chi connectivity index (χ0) is 6.97. The summed E-state index contributed by atoms with van der Waals surface area (Å²) in [7, 11) is 0. The second-order valence-corrected chi connectivity index (χ2v) is 2.52. The Balaban J connectivity index is 2.42. The van der Waals surface area contributed by atoms with E-state index >= 15 is 0 Å². The van der Waals surface area contributed by atoms with Crippen molar-refractivity contribution in [2.24, 2.45) is 0 Å². The van der Waals surface area contributed by atoms with E-state index in [1.54, 1.807) is 0 Å². The van der Waals surface area contributed by atoms with Crippen LogP contribution in [0.2, 0.25) is 0 Å². The lowest BCUT2D eigenvalue weighted by Crippen LogP contribution is -2.01. The van der Waals surface area contributed by atoms with E-state index in [1.165, 1.54) is 5.56 Å². The molecule has 1 heteroatoms. The van der Waals surface area contributed by atoms with Crippen LogP contribution in [0.15, 0.2) is 24.3 Å². The van der Waals surface area contributed by atoms with E-state index in [9.17, 15) is 0 Å². The van der Waals surface area contributed by atoms with Gasteiger partial charge >= 0.3 is 0 Å². The summed E-state index contributed by atoms with van der Waals surface area (Å²) in [6.45, 7) is 0. The van der Waals surface area contributed by atoms with E-state index in [0.29, 0.717) is 0 Å². The smallest absolute Gasteiger partial charge is 0.0697 e. The van der Waals surface area contributed by atoms with Crippen molar-refractivity contribution in [1.29, 1.82) is 0 Å². The molecule has 1 aliphatic carbocycles. The molecule has 0 saturated heterocycles. The van der Waals surface area contributed by atoms with Gasteiger partial charge in [0.15, 0.2) is 0 Å². The highest BCUT2D eigenvalue weighted by molar-refractivity contribution is 5.39. The average molecular weight is 132 g/mol. The number of fused-ring (bicyclic) bond motifs is 1. The molecule has 0 aliphatic heterocycles. The van der Waals surface area contributed by atoms with Crippen LogP contribution < -0.4 is 0 Å². The zero-order valence-electron chi connectivity index (χ0n) is 5.54. The minimum Gasteiger partial charge on any atom is -0.392 e. The van der Waals surface area contributed by atoms with Crippen LogP contribution in [-0.2, 0) is 6.42 Å². The molecule has 2 radical (unpaired) electrons. The van der Waals surface area contributed by atoms with Crippen molar-refractivity contribution in [3.05, 3.63) is 41.8 Å². The van der Waals surface area contributed by atoms with Crippen LogP contribution in [0.4, 0.5) is 0 Å². The highest BCUT2D eigenvalue weighted by atomic mass is 16.3. The Morgan fingerprint density at radius 1 is 1.40 bits per heavy atom. The zero-order valence-corrected chi connectivity index (χ0v) is 5.54. The molecule has 10 heavy (non-hydrogen) atoms. The lowest BCUT2D eigenvalue weighted by Gasteiger charge is -1.92. The van der Waals surface area contributed by atoms with Crippen molar-refractivity contribution in [3.63, 3.8) is 0 Å². The van der Waals surface area contributed by atoms with Gasteiger partial charge in [-0.25, -0.2) is 0 Å². The molecule has 1 aromatic rings. The third kappa shape index (κ3) is 0.830. The minimum absolute atomic E-state index is 0.377. The molecule has 1 N–H and O–H groups in total. The Morgan fingerprint density at radius 3 is 3.00 bits per heavy atom. The maximum Gasteiger partial charge on any atom is 0.0697 e. The van der Waals surface area contributed by atoms with Crippen molar-refractivity contribution >= 4 is 0 Å². The van der Waals surface area contributed by atoms with Gasteiger partial charge in [-0.05, 0) is 17.5 Å². The largest absolute Gasteiger partial charge is 0.392 e. The monoisotopic (exact) mass is 132 g/mol. The van der Waals surface area contributed by atoms with Gasteiger partial charge in [-0.15, -0.1) is 0 Å². The van der Waals surface area contributed by atoms with Crippen LogP contribution in [0.5, 0.6) is 0 Å². The lowest BCUT2D eigenvalue weighted by molar-refractivity contribution is 0.219. The fourth-order valence-corrected chi connectivity index (χ4v) is 1.28. The molecule has 1 atom stereocenters. The van der Waals surface area contributed by atoms with Gasteiger partial charge in [0.2, 0.25) is 0 Å². The van der Waals surface area contributed by atoms with Gasteiger partial charge in [-0.1, -0.05) is 24.3 Å². The first kappa shape index (κ1) is 5.93. The number of rotatable bonds is 0. The van der Waals surface area contributed by atoms with Gasteiger partial charge in [0.1, 0.15) is 0 Å². The summed E-state index contributed by atoms with van der Waals surface area (Å²) >= 11 is 0. The van der Waals surface area contributed by atoms with Gasteiger partial charge in [0.05, 0.1) is 6.10 Å². The average Bonchev–Trinajstić information content (AvgIpc) is 2.27. The van der Waals surface area contributed by atoms with Crippen molar-refractivity contribution in [2.45, 2.75) is 12.5 Å². The Morgan fingerprint density at radius 2 is 2.20 bits per heavy atom. The third-order valence-electron chi connectivity index (χ3n) is 1.75. The predicted octanol–water partition coefficient (Wildman–Crippen LogP) is 1.03. The summed E-state index contributed by atoms with van der Waals surface area (Å²) < 4.78 is 0. The minimum atomic E-state index is -0.377. The topological polar surface area (TPSA) is 20.2 Å². The molecule has 0 amide bonds. The van der Waals surface area contributed by atoms with Crippen molar-refractivity contribution in [2.75, 3.05) is 0 Å². The quantitative estimate of drug-likeness (QED) is 0.559. The van der Waals surface area contributed by atoms with Crippen LogP contribution in [0.25, 0.3) is 0 Å². The lowest BCUT2D eigenvalue weighted by atomic mass is 10.1.